The van der Waals surface area contributed by atoms with Gasteiger partial charge >= 0.3 is 5.97 Å². The van der Waals surface area contributed by atoms with Crippen molar-refractivity contribution in [3.63, 3.8) is 0 Å². The molecule has 0 saturated heterocycles. The van der Waals surface area contributed by atoms with Gasteiger partial charge in [0.05, 0.1) is 6.54 Å². The smallest absolute Gasteiger partial charge is 0.333 e. The Hall–Kier alpha value is -2.74. The minimum atomic E-state index is -3.98. The molecule has 33 heavy (non-hydrogen) atoms. The highest BCUT2D eigenvalue weighted by atomic mass is 32.2. The zero-order valence-corrected chi connectivity index (χ0v) is 19.9. The van der Waals surface area contributed by atoms with Crippen LogP contribution in [0.4, 0.5) is 5.69 Å². The first kappa shape index (κ1) is 28.3. The second-order valence-electron chi connectivity index (χ2n) is 8.42. The van der Waals surface area contributed by atoms with Crippen LogP contribution in [0.3, 0.4) is 0 Å². The monoisotopic (exact) mass is 487 g/mol. The molecule has 3 atom stereocenters. The van der Waals surface area contributed by atoms with E-state index in [1.165, 1.54) is 24.3 Å². The number of aliphatic hydroxyl groups excluding tert-OH is 1. The van der Waals surface area contributed by atoms with Crippen LogP contribution >= 0.6 is 0 Å². The summed E-state index contributed by atoms with van der Waals surface area (Å²) in [5.74, 6) is -2.29. The lowest BCUT2D eigenvalue weighted by molar-refractivity contribution is -0.158. The summed E-state index contributed by atoms with van der Waals surface area (Å²) in [5, 5.41) is 19.6. The number of nitrogens with one attached hydrogen (secondary N) is 3. The first-order chi connectivity index (χ1) is 15.1. The van der Waals surface area contributed by atoms with Crippen molar-refractivity contribution in [2.24, 2.45) is 10.9 Å². The standard InChI is InChI=1S/C20H33N5O7S/c1-5-6-14(21)17(27)18(28)23-11-15(26)24-16(19(29)32-20(2,3)4)12-7-9-13(10-8-12)25-33(22,30)31/h7-10,14,16-17,25,27H,5-6,11,21H2,1-4H3,(H,23,28)(H,24,26)(H2,22,30,31)/t14?,16-,17?/m0/s1. The number of amides is 2. The lowest BCUT2D eigenvalue weighted by Gasteiger charge is -2.25. The average molecular weight is 488 g/mol. The lowest BCUT2D eigenvalue weighted by atomic mass is 10.1. The van der Waals surface area contributed by atoms with Crippen molar-refractivity contribution in [1.82, 2.24) is 10.6 Å². The highest BCUT2D eigenvalue weighted by Gasteiger charge is 2.29. The van der Waals surface area contributed by atoms with Crippen LogP contribution in [0.5, 0.6) is 0 Å². The molecular weight excluding hydrogens is 454 g/mol. The predicted molar refractivity (Wildman–Crippen MR) is 122 cm³/mol. The van der Waals surface area contributed by atoms with Gasteiger partial charge in [0.25, 0.3) is 16.1 Å². The zero-order valence-electron chi connectivity index (χ0n) is 19.1. The van der Waals surface area contributed by atoms with Crippen LogP contribution in [0.15, 0.2) is 24.3 Å². The molecule has 0 heterocycles. The van der Waals surface area contributed by atoms with Crippen molar-refractivity contribution in [2.75, 3.05) is 11.3 Å². The molecule has 2 amide bonds. The Labute approximate surface area is 193 Å². The van der Waals surface area contributed by atoms with E-state index in [2.05, 4.69) is 15.4 Å². The maximum absolute atomic E-state index is 12.7. The van der Waals surface area contributed by atoms with Crippen LogP contribution in [0.1, 0.15) is 52.1 Å². The van der Waals surface area contributed by atoms with Crippen molar-refractivity contribution in [3.05, 3.63) is 29.8 Å². The molecule has 0 aliphatic rings. The largest absolute Gasteiger partial charge is 0.458 e. The third-order valence-corrected chi connectivity index (χ3v) is 4.69. The molecule has 1 rings (SSSR count). The molecule has 1 aromatic rings. The third-order valence-electron chi connectivity index (χ3n) is 4.17. The van der Waals surface area contributed by atoms with Crippen LogP contribution < -0.4 is 26.2 Å². The molecule has 0 radical (unpaired) electrons. The van der Waals surface area contributed by atoms with Crippen LogP contribution in [0.2, 0.25) is 0 Å². The van der Waals surface area contributed by atoms with E-state index in [4.69, 9.17) is 15.6 Å². The van der Waals surface area contributed by atoms with Gasteiger partial charge in [-0.05, 0) is 44.9 Å². The van der Waals surface area contributed by atoms with Gasteiger partial charge in [0.15, 0.2) is 6.04 Å². The Morgan fingerprint density at radius 1 is 1.15 bits per heavy atom. The van der Waals surface area contributed by atoms with E-state index in [0.717, 1.165) is 0 Å². The van der Waals surface area contributed by atoms with Gasteiger partial charge in [-0.2, -0.15) is 8.42 Å². The number of hydrogen-bond donors (Lipinski definition) is 6. The third kappa shape index (κ3) is 10.6. The number of hydrogen-bond acceptors (Lipinski definition) is 8. The topological polar surface area (TPSA) is 203 Å². The molecular formula is C20H33N5O7S. The van der Waals surface area contributed by atoms with E-state index in [1.54, 1.807) is 20.8 Å². The Kier molecular flexibility index (Phi) is 10.2. The fourth-order valence-electron chi connectivity index (χ4n) is 2.72. The number of esters is 1. The second kappa shape index (κ2) is 11.9. The molecule has 186 valence electrons. The van der Waals surface area contributed by atoms with Gasteiger partial charge < -0.3 is 26.2 Å². The Balaban J connectivity index is 2.94. The van der Waals surface area contributed by atoms with Gasteiger partial charge in [-0.15, -0.1) is 0 Å². The Morgan fingerprint density at radius 3 is 2.21 bits per heavy atom. The summed E-state index contributed by atoms with van der Waals surface area (Å²) in [6.45, 7) is 6.31. The molecule has 0 bridgehead atoms. The molecule has 1 aromatic carbocycles. The normalized spacial score (nSPS) is 14.5. The minimum absolute atomic E-state index is 0.153. The highest BCUT2D eigenvalue weighted by molar-refractivity contribution is 7.90. The van der Waals surface area contributed by atoms with Crippen molar-refractivity contribution in [2.45, 2.75) is 64.3 Å². The summed E-state index contributed by atoms with van der Waals surface area (Å²) in [6.07, 6.45) is -0.370. The highest BCUT2D eigenvalue weighted by Crippen LogP contribution is 2.21. The fraction of sp³-hybridized carbons (Fsp3) is 0.550. The first-order valence-corrected chi connectivity index (χ1v) is 11.8. The number of rotatable bonds is 11. The van der Waals surface area contributed by atoms with Crippen molar-refractivity contribution >= 4 is 33.7 Å². The van der Waals surface area contributed by atoms with Crippen LogP contribution in [0.25, 0.3) is 0 Å². The fourth-order valence-corrected chi connectivity index (χ4v) is 3.18. The molecule has 12 nitrogen and oxygen atoms in total. The van der Waals surface area contributed by atoms with Crippen LogP contribution in [-0.4, -0.2) is 55.6 Å². The molecule has 0 spiro atoms. The maximum Gasteiger partial charge on any atom is 0.333 e. The van der Waals surface area contributed by atoms with Gasteiger partial charge in [0.1, 0.15) is 11.7 Å². The quantitative estimate of drug-likeness (QED) is 0.222. The van der Waals surface area contributed by atoms with Crippen molar-refractivity contribution in [3.8, 4) is 0 Å². The summed E-state index contributed by atoms with van der Waals surface area (Å²) in [4.78, 5) is 37.1. The van der Waals surface area contributed by atoms with Crippen LogP contribution in [0, 0.1) is 0 Å². The van der Waals surface area contributed by atoms with Gasteiger partial charge in [-0.25, -0.2) is 9.93 Å². The number of ether oxygens (including phenoxy) is 1. The SMILES string of the molecule is CCCC(N)C(O)C(=O)NCC(=O)N[C@H](C(=O)OC(C)(C)C)c1ccc(NS(N)(=O)=O)cc1. The molecule has 13 heteroatoms. The van der Waals surface area contributed by atoms with Crippen LogP contribution in [-0.2, 0) is 29.3 Å². The molecule has 0 saturated carbocycles. The van der Waals surface area contributed by atoms with E-state index in [0.29, 0.717) is 18.4 Å². The lowest BCUT2D eigenvalue weighted by Crippen LogP contribution is -2.49. The summed E-state index contributed by atoms with van der Waals surface area (Å²) in [7, 11) is -3.98. The number of anilines is 1. The number of carbonyl (C=O) groups is 3. The summed E-state index contributed by atoms with van der Waals surface area (Å²) >= 11 is 0. The van der Waals surface area contributed by atoms with Gasteiger partial charge in [-0.1, -0.05) is 25.5 Å². The Morgan fingerprint density at radius 2 is 1.73 bits per heavy atom. The molecule has 0 aliphatic carbocycles. The average Bonchev–Trinajstić information content (AvgIpc) is 2.68. The van der Waals surface area contributed by atoms with E-state index in [1.807, 2.05) is 6.92 Å². The molecule has 2 unspecified atom stereocenters. The predicted octanol–water partition coefficient (Wildman–Crippen LogP) is -0.594. The van der Waals surface area contributed by atoms with E-state index >= 15 is 0 Å². The summed E-state index contributed by atoms with van der Waals surface area (Å²) in [5.41, 5.74) is 5.33. The Bertz CT molecular complexity index is 929. The molecule has 0 aromatic heterocycles. The van der Waals surface area contributed by atoms with E-state index in [-0.39, 0.29) is 5.69 Å². The second-order valence-corrected chi connectivity index (χ2v) is 9.71. The van der Waals surface area contributed by atoms with E-state index in [9.17, 15) is 27.9 Å². The van der Waals surface area contributed by atoms with Gasteiger partial charge in [-0.3, -0.25) is 14.3 Å². The van der Waals surface area contributed by atoms with Crippen molar-refractivity contribution in [1.29, 1.82) is 0 Å². The van der Waals surface area contributed by atoms with Gasteiger partial charge in [0.2, 0.25) is 5.91 Å². The van der Waals surface area contributed by atoms with Crippen molar-refractivity contribution < 1.29 is 32.6 Å². The zero-order chi connectivity index (χ0) is 25.4. The molecule has 8 N–H and O–H groups in total. The van der Waals surface area contributed by atoms with E-state index < -0.39 is 58.3 Å². The first-order valence-electron chi connectivity index (χ1n) is 10.3. The number of carbonyl (C=O) groups excluding carboxylic acids is 3. The summed E-state index contributed by atoms with van der Waals surface area (Å²) in [6, 6.07) is 3.53. The minimum Gasteiger partial charge on any atom is -0.458 e. The van der Waals surface area contributed by atoms with Gasteiger partial charge in [0, 0.05) is 11.7 Å². The number of benzene rings is 1. The maximum atomic E-state index is 12.7. The number of aliphatic hydroxyl groups is 1. The molecule has 0 fully saturated rings. The number of nitrogens with two attached hydrogens (primary N) is 2. The summed E-state index contributed by atoms with van der Waals surface area (Å²) < 4.78 is 29.8. The molecule has 0 aliphatic heterocycles.